The molecular weight excluding hydrogens is 428 g/mol. The molecule has 34 heavy (non-hydrogen) atoms. The maximum absolute atomic E-state index is 14.1. The van der Waals surface area contributed by atoms with Gasteiger partial charge in [-0.25, -0.2) is 4.90 Å². The van der Waals surface area contributed by atoms with Crippen LogP contribution in [-0.2, 0) is 16.0 Å². The van der Waals surface area contributed by atoms with Crippen LogP contribution in [0.4, 0.5) is 11.4 Å². The van der Waals surface area contributed by atoms with Crippen molar-refractivity contribution >= 4 is 28.8 Å². The molecule has 3 aromatic carbocycles. The van der Waals surface area contributed by atoms with Crippen LogP contribution in [0.5, 0.6) is 11.5 Å². The molecule has 3 aromatic rings. The fourth-order valence-electron chi connectivity index (χ4n) is 4.82. The summed E-state index contributed by atoms with van der Waals surface area (Å²) in [5.74, 6) is 0.245. The molecule has 0 atom stereocenters. The number of hydrogen-bond donors (Lipinski definition) is 0. The molecule has 2 amide bonds. The molecule has 0 bridgehead atoms. The zero-order valence-electron chi connectivity index (χ0n) is 19.5. The van der Waals surface area contributed by atoms with E-state index >= 15 is 0 Å². The lowest BCUT2D eigenvalue weighted by atomic mass is 9.98. The number of aryl methyl sites for hydroxylation is 2. The Hall–Kier alpha value is -4.06. The zero-order chi connectivity index (χ0) is 23.8. The number of ether oxygens (including phenoxy) is 2. The maximum atomic E-state index is 14.1. The lowest BCUT2D eigenvalue weighted by molar-refractivity contribution is -0.120. The monoisotopic (exact) mass is 454 g/mol. The average molecular weight is 455 g/mol. The van der Waals surface area contributed by atoms with Gasteiger partial charge in [0.2, 0.25) is 0 Å². The molecule has 0 saturated carbocycles. The van der Waals surface area contributed by atoms with E-state index < -0.39 is 5.91 Å². The number of para-hydroxylation sites is 2. The molecule has 2 heterocycles. The summed E-state index contributed by atoms with van der Waals surface area (Å²) in [6.45, 7) is 2.56. The molecule has 6 heteroatoms. The van der Waals surface area contributed by atoms with E-state index in [0.29, 0.717) is 40.6 Å². The Morgan fingerprint density at radius 2 is 1.53 bits per heavy atom. The minimum atomic E-state index is -0.392. The van der Waals surface area contributed by atoms with Gasteiger partial charge in [-0.2, -0.15) is 0 Å². The molecule has 0 spiro atoms. The molecule has 0 radical (unpaired) electrons. The van der Waals surface area contributed by atoms with Crippen LogP contribution in [0.15, 0.2) is 72.4 Å². The third kappa shape index (κ3) is 3.43. The second kappa shape index (κ2) is 8.71. The third-order valence-electron chi connectivity index (χ3n) is 6.39. The number of rotatable bonds is 5. The second-order valence-corrected chi connectivity index (χ2v) is 8.43. The van der Waals surface area contributed by atoms with Crippen LogP contribution in [0.2, 0.25) is 0 Å². The first-order chi connectivity index (χ1) is 16.5. The summed E-state index contributed by atoms with van der Waals surface area (Å²) in [4.78, 5) is 31.4. The standard InChI is InChI=1S/C28H26N2O4/c1-18-14-15-24(34-3)22(17-18)30-27(31)25(20-11-5-7-13-23(20)33-2)26(28(30)32)29-16-8-10-19-9-4-6-12-21(19)29/h4-7,9,11-15,17H,8,10,16H2,1-3H3. The van der Waals surface area contributed by atoms with Crippen molar-refractivity contribution < 1.29 is 19.1 Å². The van der Waals surface area contributed by atoms with Crippen molar-refractivity contribution in [3.05, 3.63) is 89.1 Å². The predicted molar refractivity (Wildman–Crippen MR) is 132 cm³/mol. The summed E-state index contributed by atoms with van der Waals surface area (Å²) >= 11 is 0. The van der Waals surface area contributed by atoms with Gasteiger partial charge in [-0.3, -0.25) is 9.59 Å². The van der Waals surface area contributed by atoms with E-state index in [1.165, 1.54) is 12.0 Å². The first-order valence-electron chi connectivity index (χ1n) is 11.3. The summed E-state index contributed by atoms with van der Waals surface area (Å²) in [7, 11) is 3.10. The van der Waals surface area contributed by atoms with Gasteiger partial charge >= 0.3 is 0 Å². The minimum absolute atomic E-state index is 0.336. The highest BCUT2D eigenvalue weighted by Crippen LogP contribution is 2.43. The van der Waals surface area contributed by atoms with Gasteiger partial charge in [0.1, 0.15) is 17.2 Å². The highest BCUT2D eigenvalue weighted by atomic mass is 16.5. The fourth-order valence-corrected chi connectivity index (χ4v) is 4.82. The van der Waals surface area contributed by atoms with Gasteiger partial charge in [0.15, 0.2) is 0 Å². The summed E-state index contributed by atoms with van der Waals surface area (Å²) in [5.41, 5.74) is 4.77. The molecule has 0 aromatic heterocycles. The quantitative estimate of drug-likeness (QED) is 0.521. The summed E-state index contributed by atoms with van der Waals surface area (Å²) in [6, 6.07) is 20.9. The molecule has 2 aliphatic rings. The molecule has 0 fully saturated rings. The van der Waals surface area contributed by atoms with E-state index in [4.69, 9.17) is 9.47 Å². The Morgan fingerprint density at radius 1 is 0.794 bits per heavy atom. The van der Waals surface area contributed by atoms with E-state index in [2.05, 4.69) is 6.07 Å². The highest BCUT2D eigenvalue weighted by molar-refractivity contribution is 6.47. The first kappa shape index (κ1) is 21.8. The molecule has 0 saturated heterocycles. The zero-order valence-corrected chi connectivity index (χ0v) is 19.5. The van der Waals surface area contributed by atoms with Crippen LogP contribution in [0.3, 0.4) is 0 Å². The number of fused-ring (bicyclic) bond motifs is 1. The molecule has 0 unspecified atom stereocenters. The van der Waals surface area contributed by atoms with Gasteiger partial charge in [0, 0.05) is 17.8 Å². The molecular formula is C28H26N2O4. The number of benzene rings is 3. The van der Waals surface area contributed by atoms with Crippen LogP contribution in [0.25, 0.3) is 5.57 Å². The van der Waals surface area contributed by atoms with Gasteiger partial charge in [-0.1, -0.05) is 42.5 Å². The van der Waals surface area contributed by atoms with Gasteiger partial charge < -0.3 is 14.4 Å². The van der Waals surface area contributed by atoms with E-state index in [-0.39, 0.29) is 5.91 Å². The smallest absolute Gasteiger partial charge is 0.282 e. The number of methoxy groups -OCH3 is 2. The average Bonchev–Trinajstić information content (AvgIpc) is 3.12. The lowest BCUT2D eigenvalue weighted by Gasteiger charge is -2.32. The second-order valence-electron chi connectivity index (χ2n) is 8.43. The van der Waals surface area contributed by atoms with Crippen molar-refractivity contribution in [2.45, 2.75) is 19.8 Å². The van der Waals surface area contributed by atoms with Crippen LogP contribution in [-0.4, -0.2) is 32.6 Å². The molecule has 5 rings (SSSR count). The predicted octanol–water partition coefficient (Wildman–Crippen LogP) is 4.75. The van der Waals surface area contributed by atoms with Crippen molar-refractivity contribution in [2.24, 2.45) is 0 Å². The Balaban J connectivity index is 1.75. The SMILES string of the molecule is COc1ccccc1C1=C(N2CCCc3ccccc32)C(=O)N(c2cc(C)ccc2OC)C1=O. The molecule has 0 aliphatic carbocycles. The molecule has 0 N–H and O–H groups in total. The number of carbonyl (C=O) groups excluding carboxylic acids is 2. The van der Waals surface area contributed by atoms with Crippen molar-refractivity contribution in [2.75, 3.05) is 30.6 Å². The Labute approximate surface area is 199 Å². The van der Waals surface area contributed by atoms with Crippen LogP contribution in [0, 0.1) is 6.92 Å². The molecule has 6 nitrogen and oxygen atoms in total. The van der Waals surface area contributed by atoms with E-state index in [0.717, 1.165) is 29.7 Å². The summed E-state index contributed by atoms with van der Waals surface area (Å²) < 4.78 is 11.1. The van der Waals surface area contributed by atoms with Crippen molar-refractivity contribution in [1.29, 1.82) is 0 Å². The van der Waals surface area contributed by atoms with E-state index in [1.54, 1.807) is 19.2 Å². The third-order valence-corrected chi connectivity index (χ3v) is 6.39. The normalized spacial score (nSPS) is 15.6. The fraction of sp³-hybridized carbons (Fsp3) is 0.214. The Morgan fingerprint density at radius 3 is 2.32 bits per heavy atom. The Bertz CT molecular complexity index is 1330. The topological polar surface area (TPSA) is 59.1 Å². The van der Waals surface area contributed by atoms with Gasteiger partial charge in [-0.05, 0) is 55.2 Å². The number of carbonyl (C=O) groups is 2. The first-order valence-corrected chi connectivity index (χ1v) is 11.3. The van der Waals surface area contributed by atoms with Crippen LogP contribution >= 0.6 is 0 Å². The lowest BCUT2D eigenvalue weighted by Crippen LogP contribution is -2.37. The molecule has 2 aliphatic heterocycles. The van der Waals surface area contributed by atoms with Crippen molar-refractivity contribution in [3.63, 3.8) is 0 Å². The number of imide groups is 1. The minimum Gasteiger partial charge on any atom is -0.496 e. The van der Waals surface area contributed by atoms with Gasteiger partial charge in [0.05, 0.1) is 25.5 Å². The Kier molecular flexibility index (Phi) is 5.57. The van der Waals surface area contributed by atoms with Crippen LogP contribution in [0.1, 0.15) is 23.1 Å². The van der Waals surface area contributed by atoms with E-state index in [9.17, 15) is 9.59 Å². The summed E-state index contributed by atoms with van der Waals surface area (Å²) in [6.07, 6.45) is 1.82. The van der Waals surface area contributed by atoms with Gasteiger partial charge in [0.25, 0.3) is 11.8 Å². The highest BCUT2D eigenvalue weighted by Gasteiger charge is 2.45. The number of amides is 2. The molecule has 172 valence electrons. The number of hydrogen-bond acceptors (Lipinski definition) is 5. The largest absolute Gasteiger partial charge is 0.496 e. The summed E-state index contributed by atoms with van der Waals surface area (Å²) in [5, 5.41) is 0. The number of anilines is 2. The van der Waals surface area contributed by atoms with Crippen LogP contribution < -0.4 is 19.3 Å². The number of nitrogens with zero attached hydrogens (tertiary/aromatic N) is 2. The van der Waals surface area contributed by atoms with E-state index in [1.807, 2.05) is 60.4 Å². The van der Waals surface area contributed by atoms with Gasteiger partial charge in [-0.15, -0.1) is 0 Å². The van der Waals surface area contributed by atoms with Crippen molar-refractivity contribution in [1.82, 2.24) is 0 Å². The maximum Gasteiger partial charge on any atom is 0.282 e. The van der Waals surface area contributed by atoms with Crippen molar-refractivity contribution in [3.8, 4) is 11.5 Å².